The highest BCUT2D eigenvalue weighted by Gasteiger charge is 2.49. The van der Waals surface area contributed by atoms with Gasteiger partial charge in [-0.2, -0.15) is 0 Å². The van der Waals surface area contributed by atoms with Crippen LogP contribution >= 0.6 is 11.3 Å². The zero-order valence-corrected chi connectivity index (χ0v) is 15.3. The number of nitrogens with zero attached hydrogens (tertiary/aromatic N) is 2. The summed E-state index contributed by atoms with van der Waals surface area (Å²) in [5.74, 6) is 0. The van der Waals surface area contributed by atoms with Gasteiger partial charge in [0, 0.05) is 24.8 Å². The van der Waals surface area contributed by atoms with E-state index in [1.54, 1.807) is 11.3 Å². The van der Waals surface area contributed by atoms with Gasteiger partial charge in [0.05, 0.1) is 21.4 Å². The molecule has 3 heteroatoms. The number of aryl methyl sites for hydroxylation is 2. The molecule has 1 aliphatic heterocycles. The molecule has 3 heterocycles. The monoisotopic (exact) mass is 336 g/mol. The summed E-state index contributed by atoms with van der Waals surface area (Å²) in [6.07, 6.45) is 6.66. The lowest BCUT2D eigenvalue weighted by Gasteiger charge is -2.44. The van der Waals surface area contributed by atoms with E-state index in [2.05, 4.69) is 59.2 Å². The molecule has 0 N–H and O–H groups in total. The summed E-state index contributed by atoms with van der Waals surface area (Å²) in [4.78, 5) is 2.74. The van der Waals surface area contributed by atoms with Crippen molar-refractivity contribution in [2.45, 2.75) is 51.1 Å². The highest BCUT2D eigenvalue weighted by atomic mass is 32.1. The van der Waals surface area contributed by atoms with Crippen LogP contribution in [0.25, 0.3) is 10.2 Å². The van der Waals surface area contributed by atoms with Crippen LogP contribution in [0.1, 0.15) is 48.9 Å². The molecule has 0 atom stereocenters. The van der Waals surface area contributed by atoms with Crippen molar-refractivity contribution in [2.24, 2.45) is 7.05 Å². The van der Waals surface area contributed by atoms with Crippen molar-refractivity contribution in [1.82, 2.24) is 4.57 Å². The van der Waals surface area contributed by atoms with Crippen LogP contribution < -0.4 is 4.90 Å². The highest BCUT2D eigenvalue weighted by molar-refractivity contribution is 7.17. The third kappa shape index (κ3) is 1.76. The van der Waals surface area contributed by atoms with Crippen molar-refractivity contribution in [1.29, 1.82) is 0 Å². The average Bonchev–Trinajstić information content (AvgIpc) is 3.25. The molecular formula is C21H24N2S. The summed E-state index contributed by atoms with van der Waals surface area (Å²) < 4.78 is 4.01. The van der Waals surface area contributed by atoms with Gasteiger partial charge in [-0.3, -0.25) is 0 Å². The smallest absolute Gasteiger partial charge is 0.0811 e. The quantitative estimate of drug-likeness (QED) is 0.551. The Morgan fingerprint density at radius 1 is 1.04 bits per heavy atom. The molecule has 0 amide bonds. The minimum atomic E-state index is 0.202. The Morgan fingerprint density at radius 2 is 1.83 bits per heavy atom. The van der Waals surface area contributed by atoms with Crippen LogP contribution in [-0.2, 0) is 19.1 Å². The zero-order valence-electron chi connectivity index (χ0n) is 14.5. The van der Waals surface area contributed by atoms with E-state index in [4.69, 9.17) is 0 Å². The van der Waals surface area contributed by atoms with E-state index in [-0.39, 0.29) is 5.54 Å². The van der Waals surface area contributed by atoms with Gasteiger partial charge < -0.3 is 9.47 Å². The second kappa shape index (κ2) is 5.13. The van der Waals surface area contributed by atoms with Crippen LogP contribution in [0.15, 0.2) is 35.7 Å². The van der Waals surface area contributed by atoms with Gasteiger partial charge in [-0.1, -0.05) is 37.5 Å². The predicted molar refractivity (Wildman–Crippen MR) is 103 cm³/mol. The Balaban J connectivity index is 1.76. The normalized spacial score (nSPS) is 19.3. The van der Waals surface area contributed by atoms with Crippen molar-refractivity contribution in [3.05, 3.63) is 52.5 Å². The fourth-order valence-corrected chi connectivity index (χ4v) is 6.19. The topological polar surface area (TPSA) is 8.17 Å². The first-order chi connectivity index (χ1) is 11.7. The van der Waals surface area contributed by atoms with Crippen LogP contribution in [0.2, 0.25) is 0 Å². The molecule has 0 unspecified atom stereocenters. The molecule has 0 radical (unpaired) electrons. The molecule has 1 saturated carbocycles. The number of fused-ring (bicyclic) bond motifs is 4. The average molecular weight is 337 g/mol. The lowest BCUT2D eigenvalue weighted by molar-refractivity contribution is 0.282. The van der Waals surface area contributed by atoms with Gasteiger partial charge in [-0.15, -0.1) is 11.3 Å². The Morgan fingerprint density at radius 3 is 2.62 bits per heavy atom. The number of thiophene rings is 1. The lowest BCUT2D eigenvalue weighted by atomic mass is 9.78. The molecule has 1 fully saturated rings. The van der Waals surface area contributed by atoms with Gasteiger partial charge in [0.2, 0.25) is 0 Å². The minimum absolute atomic E-state index is 0.202. The molecule has 0 saturated heterocycles. The summed E-state index contributed by atoms with van der Waals surface area (Å²) >= 11 is 1.91. The van der Waals surface area contributed by atoms with E-state index in [1.165, 1.54) is 53.6 Å². The predicted octanol–water partition coefficient (Wildman–Crippen LogP) is 5.73. The van der Waals surface area contributed by atoms with Gasteiger partial charge in [-0.25, -0.2) is 0 Å². The maximum absolute atomic E-state index is 2.74. The van der Waals surface area contributed by atoms with Gasteiger partial charge in [-0.05, 0) is 42.8 Å². The molecule has 1 spiro atoms. The summed E-state index contributed by atoms with van der Waals surface area (Å²) in [7, 11) is 2.28. The fourth-order valence-electron chi connectivity index (χ4n) is 5.23. The fraction of sp³-hybridized carbons (Fsp3) is 0.429. The van der Waals surface area contributed by atoms with Gasteiger partial charge >= 0.3 is 0 Å². The van der Waals surface area contributed by atoms with E-state index < -0.39 is 0 Å². The van der Waals surface area contributed by atoms with E-state index in [0.717, 1.165) is 6.54 Å². The molecular weight excluding hydrogens is 312 g/mol. The number of anilines is 1. The van der Waals surface area contributed by atoms with Crippen molar-refractivity contribution in [3.63, 3.8) is 0 Å². The second-order valence-electron chi connectivity index (χ2n) is 7.49. The van der Waals surface area contributed by atoms with Crippen LogP contribution in [0.4, 0.5) is 5.69 Å². The number of hydrogen-bond donors (Lipinski definition) is 0. The first-order valence-electron chi connectivity index (χ1n) is 9.11. The number of rotatable bonds is 1. The number of aromatic nitrogens is 1. The van der Waals surface area contributed by atoms with Crippen molar-refractivity contribution >= 4 is 27.2 Å². The maximum Gasteiger partial charge on any atom is 0.0811 e. The molecule has 0 bridgehead atoms. The van der Waals surface area contributed by atoms with Crippen LogP contribution in [0.5, 0.6) is 0 Å². The number of para-hydroxylation sites is 1. The third-order valence-electron chi connectivity index (χ3n) is 6.26. The lowest BCUT2D eigenvalue weighted by Crippen LogP contribution is -2.44. The highest BCUT2D eigenvalue weighted by Crippen LogP contribution is 2.54. The van der Waals surface area contributed by atoms with Gasteiger partial charge in [0.15, 0.2) is 0 Å². The summed E-state index contributed by atoms with van der Waals surface area (Å²) in [6, 6.07) is 11.2. The molecule has 2 aromatic heterocycles. The molecule has 5 rings (SSSR count). The Labute approximate surface area is 147 Å². The molecule has 2 nitrogen and oxygen atoms in total. The molecule has 3 aromatic rings. The van der Waals surface area contributed by atoms with Crippen molar-refractivity contribution in [3.8, 4) is 0 Å². The van der Waals surface area contributed by atoms with Gasteiger partial charge in [0.25, 0.3) is 0 Å². The second-order valence-corrected chi connectivity index (χ2v) is 8.40. The maximum atomic E-state index is 2.74. The Bertz CT molecular complexity index is 911. The molecule has 24 heavy (non-hydrogen) atoms. The van der Waals surface area contributed by atoms with Crippen LogP contribution in [0, 0.1) is 6.92 Å². The zero-order chi connectivity index (χ0) is 16.3. The largest absolute Gasteiger partial charge is 0.356 e. The summed E-state index contributed by atoms with van der Waals surface area (Å²) in [5.41, 5.74) is 7.66. The van der Waals surface area contributed by atoms with E-state index in [9.17, 15) is 0 Å². The first-order valence-corrected chi connectivity index (χ1v) is 9.99. The van der Waals surface area contributed by atoms with E-state index in [0.29, 0.717) is 0 Å². The minimum Gasteiger partial charge on any atom is -0.356 e. The third-order valence-corrected chi connectivity index (χ3v) is 7.23. The van der Waals surface area contributed by atoms with Crippen molar-refractivity contribution in [2.75, 3.05) is 4.90 Å². The Hall–Kier alpha value is -1.74. The summed E-state index contributed by atoms with van der Waals surface area (Å²) in [6.45, 7) is 3.33. The number of hydrogen-bond acceptors (Lipinski definition) is 2. The SMILES string of the molecule is Cc1ccccc1N1Cc2c(n(C)c3ccsc23)C12CCCCC2. The van der Waals surface area contributed by atoms with E-state index in [1.807, 2.05) is 11.3 Å². The summed E-state index contributed by atoms with van der Waals surface area (Å²) in [5, 5.41) is 2.24. The Kier molecular flexibility index (Phi) is 3.12. The first kappa shape index (κ1) is 14.6. The molecule has 124 valence electrons. The van der Waals surface area contributed by atoms with Gasteiger partial charge in [0.1, 0.15) is 0 Å². The van der Waals surface area contributed by atoms with Crippen molar-refractivity contribution < 1.29 is 0 Å². The van der Waals surface area contributed by atoms with Crippen LogP contribution in [0.3, 0.4) is 0 Å². The standard InChI is InChI=1S/C21H24N2S/c1-15-8-4-5-9-17(15)23-14-16-19-18(10-13-24-19)22(2)20(16)21(23)11-6-3-7-12-21/h4-5,8-10,13H,3,6-7,11-12,14H2,1-2H3. The van der Waals surface area contributed by atoms with Crippen LogP contribution in [-0.4, -0.2) is 4.57 Å². The number of benzene rings is 1. The molecule has 2 aliphatic rings. The molecule has 1 aliphatic carbocycles. The van der Waals surface area contributed by atoms with E-state index >= 15 is 0 Å². The molecule has 1 aromatic carbocycles.